The molecule has 1 heterocycles. The first-order valence-electron chi connectivity index (χ1n) is 4.95. The Kier molecular flexibility index (Phi) is 3.95. The highest BCUT2D eigenvalue weighted by atomic mass is 16.4. The van der Waals surface area contributed by atoms with Crippen LogP contribution < -0.4 is 0 Å². The Labute approximate surface area is 83.8 Å². The Morgan fingerprint density at radius 3 is 3.00 bits per heavy atom. The summed E-state index contributed by atoms with van der Waals surface area (Å²) in [7, 11) is 0. The highest BCUT2D eigenvalue weighted by Gasteiger charge is 2.33. The van der Waals surface area contributed by atoms with E-state index in [4.69, 9.17) is 5.11 Å². The lowest BCUT2D eigenvalue weighted by Crippen LogP contribution is -2.41. The van der Waals surface area contributed by atoms with Crippen molar-refractivity contribution in [3.05, 3.63) is 12.7 Å². The van der Waals surface area contributed by atoms with Crippen molar-refractivity contribution in [1.82, 2.24) is 4.90 Å². The highest BCUT2D eigenvalue weighted by molar-refractivity contribution is 5.65. The summed E-state index contributed by atoms with van der Waals surface area (Å²) in [6.07, 6.45) is 3.20. The first-order chi connectivity index (χ1) is 6.66. The second-order valence-corrected chi connectivity index (χ2v) is 3.62. The van der Waals surface area contributed by atoms with E-state index in [2.05, 4.69) is 6.58 Å². The summed E-state index contributed by atoms with van der Waals surface area (Å²) in [6.45, 7) is 4.12. The van der Waals surface area contributed by atoms with Gasteiger partial charge in [0.05, 0.1) is 12.1 Å². The summed E-state index contributed by atoms with van der Waals surface area (Å²) in [5, 5.41) is 18.6. The average Bonchev–Trinajstić information content (AvgIpc) is 2.62. The molecule has 0 aromatic rings. The zero-order valence-electron chi connectivity index (χ0n) is 8.22. The van der Waals surface area contributed by atoms with Crippen LogP contribution >= 0.6 is 0 Å². The molecule has 0 spiro atoms. The molecule has 2 atom stereocenters. The topological polar surface area (TPSA) is 60.8 Å². The number of amides is 1. The summed E-state index contributed by atoms with van der Waals surface area (Å²) >= 11 is 0. The molecule has 0 aromatic heterocycles. The van der Waals surface area contributed by atoms with Gasteiger partial charge < -0.3 is 15.1 Å². The molecule has 14 heavy (non-hydrogen) atoms. The molecule has 1 fully saturated rings. The average molecular weight is 199 g/mol. The van der Waals surface area contributed by atoms with E-state index in [9.17, 15) is 9.90 Å². The molecule has 0 bridgehead atoms. The third-order valence-corrected chi connectivity index (χ3v) is 2.66. The lowest BCUT2D eigenvalue weighted by Gasteiger charge is -2.25. The number of nitrogens with zero attached hydrogens (tertiary/aromatic N) is 1. The third-order valence-electron chi connectivity index (χ3n) is 2.66. The Balaban J connectivity index is 2.48. The first kappa shape index (κ1) is 11.0. The molecule has 2 N–H and O–H groups in total. The lowest BCUT2D eigenvalue weighted by molar-refractivity contribution is 0.0635. The summed E-state index contributed by atoms with van der Waals surface area (Å²) < 4.78 is 0. The van der Waals surface area contributed by atoms with E-state index in [1.54, 1.807) is 6.08 Å². The van der Waals surface area contributed by atoms with Gasteiger partial charge in [-0.2, -0.15) is 0 Å². The molecule has 1 aliphatic rings. The van der Waals surface area contributed by atoms with Crippen LogP contribution in [0, 0.1) is 0 Å². The van der Waals surface area contributed by atoms with Crippen LogP contribution in [0.5, 0.6) is 0 Å². The number of hydrogen-bond donors (Lipinski definition) is 2. The van der Waals surface area contributed by atoms with Gasteiger partial charge in [-0.1, -0.05) is 6.08 Å². The lowest BCUT2D eigenvalue weighted by atomic mass is 10.0. The first-order valence-corrected chi connectivity index (χ1v) is 4.95. The quantitative estimate of drug-likeness (QED) is 0.674. The van der Waals surface area contributed by atoms with E-state index in [1.807, 2.05) is 0 Å². The summed E-state index contributed by atoms with van der Waals surface area (Å²) in [5.41, 5.74) is 0. The van der Waals surface area contributed by atoms with Gasteiger partial charge in [0.25, 0.3) is 0 Å². The van der Waals surface area contributed by atoms with E-state index >= 15 is 0 Å². The summed E-state index contributed by atoms with van der Waals surface area (Å²) in [6, 6.07) is -0.215. The fraction of sp³-hybridized carbons (Fsp3) is 0.700. The fourth-order valence-corrected chi connectivity index (χ4v) is 1.91. The second kappa shape index (κ2) is 5.00. The normalized spacial score (nSPS) is 23.5. The maximum atomic E-state index is 10.8. The Hall–Kier alpha value is -1.03. The van der Waals surface area contributed by atoms with Crippen molar-refractivity contribution in [3.8, 4) is 0 Å². The van der Waals surface area contributed by atoms with Crippen LogP contribution in [0.25, 0.3) is 0 Å². The fourth-order valence-electron chi connectivity index (χ4n) is 1.91. The SMILES string of the molecule is C=CCCC(O)[C@@H]1CCCN1C(=O)O. The standard InChI is InChI=1S/C10H17NO3/c1-2-3-6-9(12)8-5-4-7-11(8)10(13)14/h2,8-9,12H,1,3-7H2,(H,13,14)/t8-,9?/m0/s1. The largest absolute Gasteiger partial charge is 0.465 e. The zero-order chi connectivity index (χ0) is 10.6. The minimum absolute atomic E-state index is 0.215. The molecular weight excluding hydrogens is 182 g/mol. The van der Waals surface area contributed by atoms with Crippen molar-refractivity contribution in [2.24, 2.45) is 0 Å². The van der Waals surface area contributed by atoms with Crippen LogP contribution in [-0.4, -0.2) is 39.9 Å². The van der Waals surface area contributed by atoms with Crippen LogP contribution in [0.15, 0.2) is 12.7 Å². The van der Waals surface area contributed by atoms with E-state index in [0.29, 0.717) is 13.0 Å². The van der Waals surface area contributed by atoms with Gasteiger partial charge in [-0.3, -0.25) is 0 Å². The minimum atomic E-state index is -0.926. The predicted molar refractivity (Wildman–Crippen MR) is 53.2 cm³/mol. The van der Waals surface area contributed by atoms with Crippen molar-refractivity contribution >= 4 is 6.09 Å². The van der Waals surface area contributed by atoms with Crippen LogP contribution in [0.1, 0.15) is 25.7 Å². The van der Waals surface area contributed by atoms with E-state index in [0.717, 1.165) is 19.3 Å². The van der Waals surface area contributed by atoms with Crippen molar-refractivity contribution in [3.63, 3.8) is 0 Å². The molecule has 1 aliphatic heterocycles. The Morgan fingerprint density at radius 2 is 2.43 bits per heavy atom. The monoisotopic (exact) mass is 199 g/mol. The molecule has 4 heteroatoms. The minimum Gasteiger partial charge on any atom is -0.465 e. The van der Waals surface area contributed by atoms with Crippen LogP contribution in [0.3, 0.4) is 0 Å². The van der Waals surface area contributed by atoms with Crippen molar-refractivity contribution < 1.29 is 15.0 Å². The number of aliphatic hydroxyl groups is 1. The Bertz CT molecular complexity index is 217. The van der Waals surface area contributed by atoms with Gasteiger partial charge in [-0.05, 0) is 25.7 Å². The number of rotatable bonds is 4. The smallest absolute Gasteiger partial charge is 0.407 e. The van der Waals surface area contributed by atoms with E-state index in [-0.39, 0.29) is 6.04 Å². The molecule has 80 valence electrons. The van der Waals surface area contributed by atoms with Gasteiger partial charge in [-0.15, -0.1) is 6.58 Å². The van der Waals surface area contributed by atoms with Gasteiger partial charge in [0.1, 0.15) is 0 Å². The van der Waals surface area contributed by atoms with Crippen LogP contribution in [-0.2, 0) is 0 Å². The van der Waals surface area contributed by atoms with Crippen molar-refractivity contribution in [2.75, 3.05) is 6.54 Å². The molecular formula is C10H17NO3. The molecule has 1 amide bonds. The maximum absolute atomic E-state index is 10.8. The maximum Gasteiger partial charge on any atom is 0.407 e. The second-order valence-electron chi connectivity index (χ2n) is 3.62. The summed E-state index contributed by atoms with van der Waals surface area (Å²) in [5.74, 6) is 0. The van der Waals surface area contributed by atoms with E-state index < -0.39 is 12.2 Å². The Morgan fingerprint density at radius 1 is 1.71 bits per heavy atom. The van der Waals surface area contributed by atoms with Crippen LogP contribution in [0.2, 0.25) is 0 Å². The van der Waals surface area contributed by atoms with Crippen molar-refractivity contribution in [1.29, 1.82) is 0 Å². The number of hydrogen-bond acceptors (Lipinski definition) is 2. The van der Waals surface area contributed by atoms with Gasteiger partial charge in [0.2, 0.25) is 0 Å². The van der Waals surface area contributed by atoms with Crippen LogP contribution in [0.4, 0.5) is 4.79 Å². The van der Waals surface area contributed by atoms with E-state index in [1.165, 1.54) is 4.90 Å². The number of likely N-dealkylation sites (tertiary alicyclic amines) is 1. The molecule has 0 aliphatic carbocycles. The number of allylic oxidation sites excluding steroid dienone is 1. The zero-order valence-corrected chi connectivity index (χ0v) is 8.22. The number of carbonyl (C=O) groups is 1. The third kappa shape index (κ3) is 2.48. The van der Waals surface area contributed by atoms with Gasteiger partial charge in [0.15, 0.2) is 0 Å². The van der Waals surface area contributed by atoms with Gasteiger partial charge in [-0.25, -0.2) is 4.79 Å². The van der Waals surface area contributed by atoms with Gasteiger partial charge in [0, 0.05) is 6.54 Å². The molecule has 0 radical (unpaired) electrons. The summed E-state index contributed by atoms with van der Waals surface area (Å²) in [4.78, 5) is 12.1. The molecule has 0 saturated carbocycles. The van der Waals surface area contributed by atoms with Gasteiger partial charge >= 0.3 is 6.09 Å². The predicted octanol–water partition coefficient (Wildman–Crippen LogP) is 1.46. The molecule has 1 unspecified atom stereocenters. The number of carboxylic acid groups (broad SMARTS) is 1. The molecule has 1 saturated heterocycles. The molecule has 4 nitrogen and oxygen atoms in total. The molecule has 1 rings (SSSR count). The highest BCUT2D eigenvalue weighted by Crippen LogP contribution is 2.22. The molecule has 0 aromatic carbocycles. The van der Waals surface area contributed by atoms with Crippen molar-refractivity contribution in [2.45, 2.75) is 37.8 Å². The number of aliphatic hydroxyl groups excluding tert-OH is 1.